The highest BCUT2D eigenvalue weighted by Gasteiger charge is 2.56. The van der Waals surface area contributed by atoms with Crippen LogP contribution in [0.1, 0.15) is 146 Å². The minimum Gasteiger partial charge on any atom is -0.465 e. The summed E-state index contributed by atoms with van der Waals surface area (Å²) in [6, 6.07) is 17.9. The van der Waals surface area contributed by atoms with E-state index in [0.717, 1.165) is 40.5 Å². The molecule has 0 fully saturated rings. The topological polar surface area (TPSA) is 169 Å². The molecule has 3 aromatic carbocycles. The summed E-state index contributed by atoms with van der Waals surface area (Å²) >= 11 is 0. The molecule has 0 bridgehead atoms. The number of ketones is 1. The van der Waals surface area contributed by atoms with E-state index in [1.807, 2.05) is 83.1 Å². The monoisotopic (exact) mass is 891 g/mol. The van der Waals surface area contributed by atoms with Crippen LogP contribution in [0.15, 0.2) is 54.6 Å². The van der Waals surface area contributed by atoms with E-state index in [1.54, 1.807) is 27.7 Å². The van der Waals surface area contributed by atoms with E-state index >= 15 is 4.79 Å². The van der Waals surface area contributed by atoms with Crippen molar-refractivity contribution < 1.29 is 57.6 Å². The van der Waals surface area contributed by atoms with Crippen molar-refractivity contribution in [3.8, 4) is 0 Å². The van der Waals surface area contributed by atoms with E-state index < -0.39 is 75.6 Å². The van der Waals surface area contributed by atoms with Gasteiger partial charge in [0.2, 0.25) is 12.6 Å². The Morgan fingerprint density at radius 2 is 1.12 bits per heavy atom. The lowest BCUT2D eigenvalue weighted by Crippen LogP contribution is -2.49. The molecule has 0 saturated carbocycles. The molecule has 0 aliphatic rings. The summed E-state index contributed by atoms with van der Waals surface area (Å²) in [7, 11) is 0. The van der Waals surface area contributed by atoms with Gasteiger partial charge < -0.3 is 28.8 Å². The first kappa shape index (κ1) is 53.5. The number of ether oxygens (including phenoxy) is 5. The van der Waals surface area contributed by atoms with Crippen LogP contribution in [-0.2, 0) is 59.1 Å². The molecular formula is C52H74O12. The minimum absolute atomic E-state index is 0.0588. The normalized spacial score (nSPS) is 16.5. The quantitative estimate of drug-likeness (QED) is 0.0202. The first-order valence-corrected chi connectivity index (χ1v) is 22.9. The van der Waals surface area contributed by atoms with Crippen molar-refractivity contribution in [3.05, 3.63) is 60.2 Å². The maximum absolute atomic E-state index is 15.1. The van der Waals surface area contributed by atoms with Gasteiger partial charge in [-0.2, -0.15) is 0 Å². The van der Waals surface area contributed by atoms with E-state index in [2.05, 4.69) is 13.0 Å². The molecule has 0 radical (unpaired) electrons. The first-order chi connectivity index (χ1) is 30.0. The van der Waals surface area contributed by atoms with Crippen LogP contribution >= 0.6 is 0 Å². The van der Waals surface area contributed by atoms with Gasteiger partial charge in [0.1, 0.15) is 13.2 Å². The Balaban J connectivity index is 2.26. The number of Topliss-reactive ketones (excluding diaryl/α,β-unsaturated/α-hetero) is 1. The number of fused-ring (bicyclic) bond motifs is 2. The highest BCUT2D eigenvalue weighted by molar-refractivity contribution is 6.32. The van der Waals surface area contributed by atoms with E-state index in [1.165, 1.54) is 6.92 Å². The molecule has 6 unspecified atom stereocenters. The third kappa shape index (κ3) is 13.4. The van der Waals surface area contributed by atoms with Gasteiger partial charge in [-0.25, -0.2) is 4.79 Å². The summed E-state index contributed by atoms with van der Waals surface area (Å²) < 4.78 is 28.5. The highest BCUT2D eigenvalue weighted by Crippen LogP contribution is 2.53. The average molecular weight is 891 g/mol. The Morgan fingerprint density at radius 3 is 1.62 bits per heavy atom. The van der Waals surface area contributed by atoms with Gasteiger partial charge >= 0.3 is 29.8 Å². The second-order valence-corrected chi connectivity index (χ2v) is 19.5. The zero-order valence-corrected chi connectivity index (χ0v) is 40.5. The van der Waals surface area contributed by atoms with Crippen molar-refractivity contribution in [1.82, 2.24) is 0 Å². The zero-order chi connectivity index (χ0) is 48.1. The lowest BCUT2D eigenvalue weighted by atomic mass is 9.58. The van der Waals surface area contributed by atoms with Crippen LogP contribution in [0.4, 0.5) is 0 Å². The van der Waals surface area contributed by atoms with Crippen molar-refractivity contribution in [3.63, 3.8) is 0 Å². The lowest BCUT2D eigenvalue weighted by molar-refractivity contribution is -0.183. The molecule has 12 nitrogen and oxygen atoms in total. The van der Waals surface area contributed by atoms with Gasteiger partial charge in [0.15, 0.2) is 0 Å². The number of carbonyl (C=O) groups is 6. The molecule has 3 rings (SSSR count). The third-order valence-electron chi connectivity index (χ3n) is 13.6. The van der Waals surface area contributed by atoms with Crippen LogP contribution in [-0.4, -0.2) is 66.8 Å². The number of rotatable bonds is 26. The summed E-state index contributed by atoms with van der Waals surface area (Å²) in [5.74, 6) is -5.14. The number of aliphatic hydroxyl groups excluding tert-OH is 1. The molecule has 0 aliphatic carbocycles. The van der Waals surface area contributed by atoms with Crippen molar-refractivity contribution in [2.75, 3.05) is 20.0 Å². The molecule has 0 heterocycles. The SMILES string of the molecule is CCCCOC(=O)C(C)(CC(C)(CC(C)(CC(C)(CC)CC)C(=O)OCc1c2ccccc2cc2ccccc12)C(=O)OCOC(=O)C(C)=O)CC(C)(C(=O)OCC(C)O)C(C)CC. The van der Waals surface area contributed by atoms with Gasteiger partial charge in [0, 0.05) is 12.5 Å². The maximum Gasteiger partial charge on any atom is 0.377 e. The predicted molar refractivity (Wildman–Crippen MR) is 247 cm³/mol. The van der Waals surface area contributed by atoms with E-state index in [9.17, 15) is 29.1 Å². The Morgan fingerprint density at radius 1 is 0.625 bits per heavy atom. The second kappa shape index (κ2) is 22.9. The van der Waals surface area contributed by atoms with E-state index in [0.29, 0.717) is 25.7 Å². The number of esters is 5. The van der Waals surface area contributed by atoms with Gasteiger partial charge in [0.05, 0.1) is 34.4 Å². The number of unbranched alkanes of at least 4 members (excludes halogenated alkanes) is 1. The molecule has 0 aromatic heterocycles. The summed E-state index contributed by atoms with van der Waals surface area (Å²) in [5, 5.41) is 13.9. The largest absolute Gasteiger partial charge is 0.465 e. The molecule has 0 amide bonds. The van der Waals surface area contributed by atoms with Gasteiger partial charge in [-0.1, -0.05) is 116 Å². The molecule has 64 heavy (non-hydrogen) atoms. The van der Waals surface area contributed by atoms with Gasteiger partial charge in [0.25, 0.3) is 0 Å². The zero-order valence-electron chi connectivity index (χ0n) is 40.5. The van der Waals surface area contributed by atoms with E-state index in [4.69, 9.17) is 23.7 Å². The fourth-order valence-corrected chi connectivity index (χ4v) is 9.33. The fourth-order valence-electron chi connectivity index (χ4n) is 9.33. The molecule has 3 aromatic rings. The second-order valence-electron chi connectivity index (χ2n) is 19.5. The number of aliphatic hydroxyl groups is 1. The Kier molecular flexibility index (Phi) is 19.1. The van der Waals surface area contributed by atoms with E-state index in [-0.39, 0.29) is 51.4 Å². The summed E-state index contributed by atoms with van der Waals surface area (Å²) in [6.07, 6.45) is 2.02. The van der Waals surface area contributed by atoms with Crippen molar-refractivity contribution in [2.24, 2.45) is 33.0 Å². The predicted octanol–water partition coefficient (Wildman–Crippen LogP) is 10.4. The van der Waals surface area contributed by atoms with Crippen LogP contribution in [0, 0.1) is 33.0 Å². The summed E-state index contributed by atoms with van der Waals surface area (Å²) in [4.78, 5) is 82.5. The molecule has 354 valence electrons. The average Bonchev–Trinajstić information content (AvgIpc) is 3.25. The van der Waals surface area contributed by atoms with Crippen LogP contribution in [0.25, 0.3) is 21.5 Å². The number of carbonyl (C=O) groups excluding carboxylic acids is 6. The van der Waals surface area contributed by atoms with Crippen LogP contribution in [0.3, 0.4) is 0 Å². The standard InChI is InChI=1S/C52H74O12/c1-13-17-26-60-44(56)51(11,33-52(12,35(5)14-2)47(59)61-28-36(6)53)32-50(10,46(58)64-34-63-43(55)37(7)54)31-49(9,30-48(8,15-3)16-4)45(57)62-29-42-40-24-20-18-22-38(40)27-39-23-19-21-25-41(39)42/h18-25,27,35-36,53H,13-17,26,28-34H2,1-12H3. The van der Waals surface area contributed by atoms with Crippen LogP contribution in [0.5, 0.6) is 0 Å². The Bertz CT molecular complexity index is 2050. The summed E-state index contributed by atoms with van der Waals surface area (Å²) in [5.41, 5.74) is -5.53. The lowest BCUT2D eigenvalue weighted by Gasteiger charge is -2.46. The Hall–Kier alpha value is -4.84. The molecule has 6 atom stereocenters. The first-order valence-electron chi connectivity index (χ1n) is 22.9. The molecular weight excluding hydrogens is 817 g/mol. The Labute approximate surface area is 380 Å². The number of benzene rings is 3. The van der Waals surface area contributed by atoms with Gasteiger partial charge in [-0.3, -0.25) is 24.0 Å². The molecule has 12 heteroatoms. The fraction of sp³-hybridized carbons (Fsp3) is 0.615. The summed E-state index contributed by atoms with van der Waals surface area (Å²) in [6.45, 7) is 20.1. The van der Waals surface area contributed by atoms with Crippen LogP contribution in [0.2, 0.25) is 0 Å². The van der Waals surface area contributed by atoms with Crippen LogP contribution < -0.4 is 0 Å². The molecule has 0 spiro atoms. The molecule has 1 N–H and O–H groups in total. The van der Waals surface area contributed by atoms with Crippen molar-refractivity contribution in [2.45, 2.75) is 154 Å². The van der Waals surface area contributed by atoms with Gasteiger partial charge in [-0.05, 0) is 106 Å². The van der Waals surface area contributed by atoms with Gasteiger partial charge in [-0.15, -0.1) is 0 Å². The molecule has 0 aliphatic heterocycles. The molecule has 0 saturated heterocycles. The minimum atomic E-state index is -1.71. The van der Waals surface area contributed by atoms with Crippen molar-refractivity contribution >= 4 is 57.2 Å². The maximum atomic E-state index is 15.1. The van der Waals surface area contributed by atoms with Crippen molar-refractivity contribution in [1.29, 1.82) is 0 Å². The third-order valence-corrected chi connectivity index (χ3v) is 13.6. The number of hydrogen-bond donors (Lipinski definition) is 1. The number of hydrogen-bond acceptors (Lipinski definition) is 12. The smallest absolute Gasteiger partial charge is 0.377 e. The highest BCUT2D eigenvalue weighted by atomic mass is 16.7.